The Balaban J connectivity index is 1.50. The van der Waals surface area contributed by atoms with E-state index in [0.717, 1.165) is 5.39 Å². The summed E-state index contributed by atoms with van der Waals surface area (Å²) < 4.78 is 38.4. The van der Waals surface area contributed by atoms with Crippen LogP contribution in [0.2, 0.25) is 0 Å². The second-order valence-corrected chi connectivity index (χ2v) is 8.12. The van der Waals surface area contributed by atoms with E-state index >= 15 is 0 Å². The Labute approximate surface area is 173 Å². The number of carbonyl (C=O) groups excluding carboxylic acids is 1. The Morgan fingerprint density at radius 2 is 1.63 bits per heavy atom. The summed E-state index contributed by atoms with van der Waals surface area (Å²) in [7, 11) is -2.20. The highest BCUT2D eigenvalue weighted by Crippen LogP contribution is 2.29. The molecule has 0 unspecified atom stereocenters. The molecule has 0 aliphatic heterocycles. The maximum absolute atomic E-state index is 12.5. The van der Waals surface area contributed by atoms with Gasteiger partial charge in [-0.15, -0.1) is 0 Å². The van der Waals surface area contributed by atoms with Crippen molar-refractivity contribution in [1.29, 1.82) is 0 Å². The molecule has 0 atom stereocenters. The summed E-state index contributed by atoms with van der Waals surface area (Å²) in [5, 5.41) is 3.44. The lowest BCUT2D eigenvalue weighted by atomic mass is 10.2. The molecule has 2 N–H and O–H groups in total. The van der Waals surface area contributed by atoms with E-state index in [1.165, 1.54) is 31.4 Å². The van der Waals surface area contributed by atoms with Crippen molar-refractivity contribution in [2.45, 2.75) is 4.90 Å². The summed E-state index contributed by atoms with van der Waals surface area (Å²) in [5.74, 6) is 0.204. The molecule has 1 heterocycles. The van der Waals surface area contributed by atoms with Crippen molar-refractivity contribution in [2.24, 2.45) is 0 Å². The van der Waals surface area contributed by atoms with Gasteiger partial charge >= 0.3 is 0 Å². The van der Waals surface area contributed by atoms with Crippen molar-refractivity contribution in [2.75, 3.05) is 17.1 Å². The van der Waals surface area contributed by atoms with Crippen molar-refractivity contribution in [3.05, 3.63) is 84.6 Å². The van der Waals surface area contributed by atoms with Crippen LogP contribution >= 0.6 is 0 Å². The number of methoxy groups -OCH3 is 1. The minimum absolute atomic E-state index is 0.0813. The summed E-state index contributed by atoms with van der Waals surface area (Å²) >= 11 is 0. The number of anilines is 2. The predicted octanol–water partition coefficient (Wildman–Crippen LogP) is 4.49. The summed E-state index contributed by atoms with van der Waals surface area (Å²) in [6, 6.07) is 21.5. The van der Waals surface area contributed by atoms with Crippen LogP contribution in [0.25, 0.3) is 11.0 Å². The van der Waals surface area contributed by atoms with Crippen molar-refractivity contribution in [1.82, 2.24) is 0 Å². The fraction of sp³-hybridized carbons (Fsp3) is 0.0455. The van der Waals surface area contributed by atoms with Gasteiger partial charge in [0, 0.05) is 16.8 Å². The third-order valence-electron chi connectivity index (χ3n) is 4.40. The van der Waals surface area contributed by atoms with Gasteiger partial charge in [0.2, 0.25) is 0 Å². The van der Waals surface area contributed by atoms with E-state index in [4.69, 9.17) is 9.15 Å². The monoisotopic (exact) mass is 422 g/mol. The van der Waals surface area contributed by atoms with E-state index in [2.05, 4.69) is 10.0 Å². The van der Waals surface area contributed by atoms with Gasteiger partial charge in [0.25, 0.3) is 15.9 Å². The number of nitrogens with one attached hydrogen (secondary N) is 2. The zero-order valence-corrected chi connectivity index (χ0v) is 16.8. The van der Waals surface area contributed by atoms with Gasteiger partial charge in [0.15, 0.2) is 17.1 Å². The van der Waals surface area contributed by atoms with E-state index < -0.39 is 15.9 Å². The molecule has 4 rings (SSSR count). The molecule has 8 heteroatoms. The predicted molar refractivity (Wildman–Crippen MR) is 114 cm³/mol. The molecule has 0 aliphatic rings. The van der Waals surface area contributed by atoms with Crippen molar-refractivity contribution < 1.29 is 22.4 Å². The first-order valence-corrected chi connectivity index (χ1v) is 10.5. The molecule has 0 aliphatic carbocycles. The van der Waals surface area contributed by atoms with Gasteiger partial charge in [-0.25, -0.2) is 8.42 Å². The van der Waals surface area contributed by atoms with Crippen LogP contribution in [0.4, 0.5) is 11.4 Å². The molecule has 3 aromatic carbocycles. The molecule has 0 saturated heterocycles. The number of amides is 1. The maximum atomic E-state index is 12.5. The highest BCUT2D eigenvalue weighted by molar-refractivity contribution is 7.92. The topological polar surface area (TPSA) is 97.6 Å². The Morgan fingerprint density at radius 3 is 2.33 bits per heavy atom. The lowest BCUT2D eigenvalue weighted by Crippen LogP contribution is -2.14. The minimum atomic E-state index is -3.73. The molecule has 0 fully saturated rings. The Bertz CT molecular complexity index is 1300. The molecule has 1 aromatic heterocycles. The Hall–Kier alpha value is -3.78. The largest absolute Gasteiger partial charge is 0.493 e. The van der Waals surface area contributed by atoms with E-state index in [0.29, 0.717) is 22.7 Å². The second-order valence-electron chi connectivity index (χ2n) is 6.44. The number of furan rings is 1. The smallest absolute Gasteiger partial charge is 0.291 e. The summed E-state index contributed by atoms with van der Waals surface area (Å²) in [5.41, 5.74) is 1.39. The lowest BCUT2D eigenvalue weighted by Gasteiger charge is -2.09. The standard InChI is InChI=1S/C22H18N2O5S/c1-28-19-9-5-6-15-14-20(29-21(15)19)22(25)23-16-10-12-18(13-11-16)30(26,27)24-17-7-3-2-4-8-17/h2-14,24H,1H3,(H,23,25). The van der Waals surface area contributed by atoms with Gasteiger partial charge in [-0.1, -0.05) is 30.3 Å². The minimum Gasteiger partial charge on any atom is -0.493 e. The van der Waals surface area contributed by atoms with Crippen LogP contribution in [-0.2, 0) is 10.0 Å². The molecule has 0 saturated carbocycles. The van der Waals surface area contributed by atoms with Gasteiger partial charge < -0.3 is 14.5 Å². The number of benzene rings is 3. The number of rotatable bonds is 6. The van der Waals surface area contributed by atoms with E-state index in [1.54, 1.807) is 48.5 Å². The normalized spacial score (nSPS) is 11.2. The molecular weight excluding hydrogens is 404 g/mol. The van der Waals surface area contributed by atoms with E-state index in [1.807, 2.05) is 6.07 Å². The van der Waals surface area contributed by atoms with Crippen molar-refractivity contribution >= 4 is 38.3 Å². The molecular formula is C22H18N2O5S. The first kappa shape index (κ1) is 19.5. The van der Waals surface area contributed by atoms with Gasteiger partial charge in [0.05, 0.1) is 12.0 Å². The number of sulfonamides is 1. The van der Waals surface area contributed by atoms with Crippen LogP contribution in [0.15, 0.2) is 88.2 Å². The fourth-order valence-electron chi connectivity index (χ4n) is 2.94. The zero-order chi connectivity index (χ0) is 21.1. The van der Waals surface area contributed by atoms with Crippen LogP contribution in [0.5, 0.6) is 5.75 Å². The number of para-hydroxylation sites is 2. The zero-order valence-electron chi connectivity index (χ0n) is 16.0. The third kappa shape index (κ3) is 3.99. The Morgan fingerprint density at radius 1 is 0.900 bits per heavy atom. The molecule has 4 aromatic rings. The van der Waals surface area contributed by atoms with Crippen molar-refractivity contribution in [3.8, 4) is 5.75 Å². The van der Waals surface area contributed by atoms with Gasteiger partial charge in [-0.2, -0.15) is 0 Å². The Kier molecular flexibility index (Phi) is 5.16. The number of carbonyl (C=O) groups is 1. The number of ether oxygens (including phenoxy) is 1. The molecule has 1 amide bonds. The van der Waals surface area contributed by atoms with Gasteiger partial charge in [-0.3, -0.25) is 9.52 Å². The maximum Gasteiger partial charge on any atom is 0.291 e. The molecule has 0 spiro atoms. The molecule has 152 valence electrons. The fourth-order valence-corrected chi connectivity index (χ4v) is 4.00. The second kappa shape index (κ2) is 7.92. The number of hydrogen-bond acceptors (Lipinski definition) is 5. The summed E-state index contributed by atoms with van der Waals surface area (Å²) in [6.07, 6.45) is 0. The van der Waals surface area contributed by atoms with Crippen LogP contribution in [0, 0.1) is 0 Å². The van der Waals surface area contributed by atoms with E-state index in [-0.39, 0.29) is 10.7 Å². The summed E-state index contributed by atoms with van der Waals surface area (Å²) in [4.78, 5) is 12.6. The first-order chi connectivity index (χ1) is 14.5. The average Bonchev–Trinajstić information content (AvgIpc) is 3.19. The molecule has 0 bridgehead atoms. The first-order valence-electron chi connectivity index (χ1n) is 9.02. The molecule has 0 radical (unpaired) electrons. The molecule has 30 heavy (non-hydrogen) atoms. The van der Waals surface area contributed by atoms with E-state index in [9.17, 15) is 13.2 Å². The highest BCUT2D eigenvalue weighted by Gasteiger charge is 2.17. The van der Waals surface area contributed by atoms with Gasteiger partial charge in [-0.05, 0) is 48.5 Å². The molecule has 7 nitrogen and oxygen atoms in total. The van der Waals surface area contributed by atoms with Crippen LogP contribution in [0.3, 0.4) is 0 Å². The SMILES string of the molecule is COc1cccc2cc(C(=O)Nc3ccc(S(=O)(=O)Nc4ccccc4)cc3)oc12. The summed E-state index contributed by atoms with van der Waals surface area (Å²) in [6.45, 7) is 0. The third-order valence-corrected chi connectivity index (χ3v) is 5.80. The number of fused-ring (bicyclic) bond motifs is 1. The highest BCUT2D eigenvalue weighted by atomic mass is 32.2. The van der Waals surface area contributed by atoms with Gasteiger partial charge in [0.1, 0.15) is 0 Å². The van der Waals surface area contributed by atoms with Crippen LogP contribution in [0.1, 0.15) is 10.6 Å². The quantitative estimate of drug-likeness (QED) is 0.477. The number of hydrogen-bond donors (Lipinski definition) is 2. The van der Waals surface area contributed by atoms with Crippen LogP contribution in [-0.4, -0.2) is 21.4 Å². The average molecular weight is 422 g/mol. The lowest BCUT2D eigenvalue weighted by molar-refractivity contribution is 0.0998. The van der Waals surface area contributed by atoms with Crippen molar-refractivity contribution in [3.63, 3.8) is 0 Å². The van der Waals surface area contributed by atoms with Crippen LogP contribution < -0.4 is 14.8 Å².